The molecule has 0 spiro atoms. The van der Waals surface area contributed by atoms with Crippen LogP contribution < -0.4 is 10.9 Å². The zero-order valence-electron chi connectivity index (χ0n) is 10.9. The van der Waals surface area contributed by atoms with Crippen LogP contribution in [0.4, 0.5) is 5.95 Å². The van der Waals surface area contributed by atoms with Gasteiger partial charge in [-0.3, -0.25) is 15.6 Å². The predicted octanol–water partition coefficient (Wildman–Crippen LogP) is 2.23. The van der Waals surface area contributed by atoms with Gasteiger partial charge in [0.1, 0.15) is 0 Å². The number of carbonyl (C=O) groups excluding carboxylic acids is 1. The Hall–Kier alpha value is -1.95. The Kier molecular flexibility index (Phi) is 4.46. The van der Waals surface area contributed by atoms with E-state index in [0.29, 0.717) is 12.4 Å². The third-order valence-corrected chi connectivity index (χ3v) is 3.25. The number of thiophene rings is 1. The van der Waals surface area contributed by atoms with Crippen LogP contribution in [0.15, 0.2) is 22.9 Å². The fourth-order valence-corrected chi connectivity index (χ4v) is 2.37. The van der Waals surface area contributed by atoms with Crippen LogP contribution in [0.2, 0.25) is 0 Å². The van der Waals surface area contributed by atoms with Crippen LogP contribution in [0.3, 0.4) is 0 Å². The highest BCUT2D eigenvalue weighted by Gasteiger charge is 2.04. The van der Waals surface area contributed by atoms with E-state index in [4.69, 9.17) is 0 Å². The van der Waals surface area contributed by atoms with Crippen molar-refractivity contribution in [3.63, 3.8) is 0 Å². The molecular formula is C13H16N4OS. The molecule has 2 N–H and O–H groups in total. The van der Waals surface area contributed by atoms with Crippen LogP contribution in [-0.4, -0.2) is 15.9 Å². The number of hydrogen-bond acceptors (Lipinski definition) is 5. The number of amides is 1. The maximum absolute atomic E-state index is 11.7. The summed E-state index contributed by atoms with van der Waals surface area (Å²) in [4.78, 5) is 20.0. The molecule has 0 aromatic carbocycles. The van der Waals surface area contributed by atoms with Crippen LogP contribution in [0.1, 0.15) is 23.4 Å². The summed E-state index contributed by atoms with van der Waals surface area (Å²) >= 11 is 1.64. The number of aryl methyl sites for hydroxylation is 3. The third kappa shape index (κ3) is 4.33. The van der Waals surface area contributed by atoms with Gasteiger partial charge in [-0.05, 0) is 48.7 Å². The molecule has 0 radical (unpaired) electrons. The minimum Gasteiger partial charge on any atom is -0.273 e. The van der Waals surface area contributed by atoms with Crippen molar-refractivity contribution in [2.45, 2.75) is 26.7 Å². The maximum atomic E-state index is 11.7. The summed E-state index contributed by atoms with van der Waals surface area (Å²) in [6, 6.07) is 3.90. The molecule has 0 atom stereocenters. The standard InChI is InChI=1S/C13H16N4OS/c1-9-7-10(2)15-13(14-9)17-16-12(18)4-3-11-5-6-19-8-11/h5-8H,3-4H2,1-2H3,(H,16,18)(H,14,15,17). The summed E-state index contributed by atoms with van der Waals surface area (Å²) in [7, 11) is 0. The van der Waals surface area contributed by atoms with E-state index in [0.717, 1.165) is 17.8 Å². The lowest BCUT2D eigenvalue weighted by atomic mass is 10.2. The Morgan fingerprint density at radius 3 is 2.68 bits per heavy atom. The molecule has 0 saturated carbocycles. The highest BCUT2D eigenvalue weighted by molar-refractivity contribution is 7.07. The van der Waals surface area contributed by atoms with E-state index in [1.807, 2.05) is 36.7 Å². The first kappa shape index (κ1) is 13.5. The molecule has 0 aliphatic heterocycles. The molecule has 2 heterocycles. The largest absolute Gasteiger partial charge is 0.273 e. The Morgan fingerprint density at radius 1 is 1.32 bits per heavy atom. The Morgan fingerprint density at radius 2 is 2.05 bits per heavy atom. The quantitative estimate of drug-likeness (QED) is 0.822. The van der Waals surface area contributed by atoms with Crippen molar-refractivity contribution in [3.05, 3.63) is 39.8 Å². The maximum Gasteiger partial charge on any atom is 0.242 e. The van der Waals surface area contributed by atoms with Gasteiger partial charge in [-0.2, -0.15) is 11.3 Å². The SMILES string of the molecule is Cc1cc(C)nc(NNC(=O)CCc2ccsc2)n1. The Bertz CT molecular complexity index is 534. The summed E-state index contributed by atoms with van der Waals surface area (Å²) in [6.45, 7) is 3.77. The minimum absolute atomic E-state index is 0.0750. The first-order valence-corrected chi connectivity index (χ1v) is 6.96. The van der Waals surface area contributed by atoms with Gasteiger partial charge in [0.25, 0.3) is 0 Å². The molecule has 0 bridgehead atoms. The van der Waals surface area contributed by atoms with E-state index >= 15 is 0 Å². The average Bonchev–Trinajstić information content (AvgIpc) is 2.86. The summed E-state index contributed by atoms with van der Waals surface area (Å²) in [6.07, 6.45) is 1.18. The second-order valence-corrected chi connectivity index (χ2v) is 5.06. The Labute approximate surface area is 116 Å². The molecule has 2 aromatic heterocycles. The molecule has 100 valence electrons. The summed E-state index contributed by atoms with van der Waals surface area (Å²) in [5, 5.41) is 4.06. The van der Waals surface area contributed by atoms with Crippen molar-refractivity contribution < 1.29 is 4.79 Å². The number of nitrogens with zero attached hydrogens (tertiary/aromatic N) is 2. The van der Waals surface area contributed by atoms with E-state index in [2.05, 4.69) is 20.8 Å². The molecule has 0 aliphatic carbocycles. The lowest BCUT2D eigenvalue weighted by molar-refractivity contribution is -0.120. The fraction of sp³-hybridized carbons (Fsp3) is 0.308. The van der Waals surface area contributed by atoms with Crippen molar-refractivity contribution in [2.24, 2.45) is 0 Å². The van der Waals surface area contributed by atoms with Crippen molar-refractivity contribution in [2.75, 3.05) is 5.43 Å². The van der Waals surface area contributed by atoms with Crippen LogP contribution in [0.25, 0.3) is 0 Å². The average molecular weight is 276 g/mol. The Balaban J connectivity index is 1.79. The van der Waals surface area contributed by atoms with E-state index in [9.17, 15) is 4.79 Å². The molecule has 19 heavy (non-hydrogen) atoms. The third-order valence-electron chi connectivity index (χ3n) is 2.52. The van der Waals surface area contributed by atoms with Crippen molar-refractivity contribution in [1.82, 2.24) is 15.4 Å². The van der Waals surface area contributed by atoms with Gasteiger partial charge in [-0.15, -0.1) is 0 Å². The van der Waals surface area contributed by atoms with Gasteiger partial charge in [0, 0.05) is 17.8 Å². The number of aromatic nitrogens is 2. The van der Waals surface area contributed by atoms with Crippen molar-refractivity contribution in [3.8, 4) is 0 Å². The number of hydrogen-bond donors (Lipinski definition) is 2. The molecule has 0 aliphatic rings. The zero-order chi connectivity index (χ0) is 13.7. The zero-order valence-corrected chi connectivity index (χ0v) is 11.8. The van der Waals surface area contributed by atoms with E-state index < -0.39 is 0 Å². The smallest absolute Gasteiger partial charge is 0.242 e. The number of nitrogens with one attached hydrogen (secondary N) is 2. The highest BCUT2D eigenvalue weighted by atomic mass is 32.1. The van der Waals surface area contributed by atoms with Crippen molar-refractivity contribution in [1.29, 1.82) is 0 Å². The second kappa shape index (κ2) is 6.29. The topological polar surface area (TPSA) is 66.9 Å². The number of anilines is 1. The number of carbonyl (C=O) groups is 1. The van der Waals surface area contributed by atoms with Crippen LogP contribution in [0, 0.1) is 13.8 Å². The lowest BCUT2D eigenvalue weighted by Crippen LogP contribution is -2.30. The number of rotatable bonds is 5. The predicted molar refractivity (Wildman–Crippen MR) is 75.9 cm³/mol. The van der Waals surface area contributed by atoms with Gasteiger partial charge >= 0.3 is 0 Å². The van der Waals surface area contributed by atoms with Gasteiger partial charge in [0.15, 0.2) is 0 Å². The van der Waals surface area contributed by atoms with E-state index in [-0.39, 0.29) is 5.91 Å². The van der Waals surface area contributed by atoms with Crippen LogP contribution >= 0.6 is 11.3 Å². The summed E-state index contributed by atoms with van der Waals surface area (Å²) < 4.78 is 0. The van der Waals surface area contributed by atoms with E-state index in [1.165, 1.54) is 5.56 Å². The van der Waals surface area contributed by atoms with Crippen LogP contribution in [0.5, 0.6) is 0 Å². The number of hydrazine groups is 1. The van der Waals surface area contributed by atoms with Gasteiger partial charge < -0.3 is 0 Å². The highest BCUT2D eigenvalue weighted by Crippen LogP contribution is 2.08. The summed E-state index contributed by atoms with van der Waals surface area (Å²) in [5.74, 6) is 0.343. The molecule has 0 fully saturated rings. The molecular weight excluding hydrogens is 260 g/mol. The minimum atomic E-state index is -0.0750. The molecule has 5 nitrogen and oxygen atoms in total. The van der Waals surface area contributed by atoms with Gasteiger partial charge in [-0.25, -0.2) is 9.97 Å². The molecule has 0 saturated heterocycles. The summed E-state index contributed by atoms with van der Waals surface area (Å²) in [5.41, 5.74) is 8.25. The van der Waals surface area contributed by atoms with Crippen LogP contribution in [-0.2, 0) is 11.2 Å². The van der Waals surface area contributed by atoms with Gasteiger partial charge in [0.05, 0.1) is 0 Å². The normalized spacial score (nSPS) is 10.2. The first-order valence-electron chi connectivity index (χ1n) is 6.02. The van der Waals surface area contributed by atoms with Gasteiger partial charge in [0.2, 0.25) is 11.9 Å². The van der Waals surface area contributed by atoms with Gasteiger partial charge in [-0.1, -0.05) is 0 Å². The fourth-order valence-electron chi connectivity index (χ4n) is 1.66. The van der Waals surface area contributed by atoms with Crippen molar-refractivity contribution >= 4 is 23.2 Å². The molecule has 0 unspecified atom stereocenters. The molecule has 2 rings (SSSR count). The molecule has 6 heteroatoms. The molecule has 1 amide bonds. The monoisotopic (exact) mass is 276 g/mol. The second-order valence-electron chi connectivity index (χ2n) is 4.28. The first-order chi connectivity index (χ1) is 9.13. The van der Waals surface area contributed by atoms with E-state index in [1.54, 1.807) is 11.3 Å². The molecule has 2 aromatic rings. The lowest BCUT2D eigenvalue weighted by Gasteiger charge is -2.07.